The fourth-order valence-corrected chi connectivity index (χ4v) is 1.92. The van der Waals surface area contributed by atoms with Crippen LogP contribution in [0.2, 0.25) is 0 Å². The smallest absolute Gasteiger partial charge is 0.369 e. The van der Waals surface area contributed by atoms with Crippen LogP contribution in [-0.4, -0.2) is 44.3 Å². The third-order valence-corrected chi connectivity index (χ3v) is 2.95. The number of aryl methyl sites for hydroxylation is 1. The van der Waals surface area contributed by atoms with E-state index in [2.05, 4.69) is 25.6 Å². The Labute approximate surface area is 136 Å². The van der Waals surface area contributed by atoms with E-state index in [4.69, 9.17) is 9.47 Å². The van der Waals surface area contributed by atoms with Crippen LogP contribution < -0.4 is 5.43 Å². The van der Waals surface area contributed by atoms with E-state index in [0.29, 0.717) is 12.4 Å². The van der Waals surface area contributed by atoms with Crippen LogP contribution in [0.25, 0.3) is 0 Å². The predicted octanol–water partition coefficient (Wildman–Crippen LogP) is 0.299. The van der Waals surface area contributed by atoms with Crippen molar-refractivity contribution in [1.29, 1.82) is 0 Å². The van der Waals surface area contributed by atoms with Gasteiger partial charge in [-0.05, 0) is 13.8 Å². The van der Waals surface area contributed by atoms with Gasteiger partial charge in [0.25, 0.3) is 17.4 Å². The molecule has 1 aromatic heterocycles. The Morgan fingerprint density at radius 2 is 1.96 bits per heavy atom. The standard InChI is InChI=1S/C13H16N6O5/c1-5-19-9(7(2)14-6-20)15-12(18-19)17-16-8-10(21)23-13(3,4)24-11(8)22/h7H,5H2,1-4H3,(H,17,18). The van der Waals surface area contributed by atoms with Gasteiger partial charge in [0.2, 0.25) is 6.08 Å². The molecular weight excluding hydrogens is 320 g/mol. The van der Waals surface area contributed by atoms with Crippen LogP contribution in [0.3, 0.4) is 0 Å². The molecule has 0 aromatic carbocycles. The molecular formula is C13H16N6O5. The molecule has 2 rings (SSSR count). The molecule has 128 valence electrons. The Hall–Kier alpha value is -3.07. The largest absolute Gasteiger partial charge is 0.418 e. The number of esters is 2. The van der Waals surface area contributed by atoms with Gasteiger partial charge in [0.15, 0.2) is 5.82 Å². The first-order valence-electron chi connectivity index (χ1n) is 7.09. The average Bonchev–Trinajstić information content (AvgIpc) is 2.88. The number of hydrogen-bond acceptors (Lipinski definition) is 10. The maximum absolute atomic E-state index is 11.8. The van der Waals surface area contributed by atoms with Crippen molar-refractivity contribution in [1.82, 2.24) is 14.8 Å². The zero-order valence-electron chi connectivity index (χ0n) is 13.6. The summed E-state index contributed by atoms with van der Waals surface area (Å²) in [6, 6.07) is -0.552. The van der Waals surface area contributed by atoms with Crippen molar-refractivity contribution in [2.75, 3.05) is 5.43 Å². The molecule has 1 fully saturated rings. The second-order valence-electron chi connectivity index (χ2n) is 5.26. The molecule has 1 aromatic rings. The number of aromatic nitrogens is 3. The van der Waals surface area contributed by atoms with E-state index in [-0.39, 0.29) is 5.95 Å². The monoisotopic (exact) mass is 336 g/mol. The number of hydrogen-bond donors (Lipinski definition) is 1. The van der Waals surface area contributed by atoms with Crippen LogP contribution in [0.1, 0.15) is 39.6 Å². The molecule has 1 unspecified atom stereocenters. The lowest BCUT2D eigenvalue weighted by molar-refractivity contribution is -0.214. The minimum Gasteiger partial charge on any atom is -0.418 e. The molecule has 24 heavy (non-hydrogen) atoms. The number of nitrogens with one attached hydrogen (secondary N) is 1. The fraction of sp³-hybridized carbons (Fsp3) is 0.538. The first-order chi connectivity index (χ1) is 11.3. The summed E-state index contributed by atoms with van der Waals surface area (Å²) in [5.74, 6) is -2.75. The minimum atomic E-state index is -1.34. The molecule has 0 bridgehead atoms. The molecule has 1 saturated heterocycles. The molecule has 0 amide bonds. The SMILES string of the molecule is CCn1nc(NN=C2C(=O)OC(C)(C)OC2=O)nc1C(C)N=C=O. The quantitative estimate of drug-likeness (QED) is 0.351. The van der Waals surface area contributed by atoms with Crippen molar-refractivity contribution >= 4 is 29.7 Å². The Morgan fingerprint density at radius 3 is 2.50 bits per heavy atom. The summed E-state index contributed by atoms with van der Waals surface area (Å²) in [6.07, 6.45) is 1.45. The van der Waals surface area contributed by atoms with Gasteiger partial charge in [0, 0.05) is 20.4 Å². The normalized spacial score (nSPS) is 17.4. The van der Waals surface area contributed by atoms with Gasteiger partial charge in [0.1, 0.15) is 6.04 Å². The van der Waals surface area contributed by atoms with Crippen molar-refractivity contribution < 1.29 is 23.9 Å². The number of hydrazone groups is 1. The Kier molecular flexibility index (Phi) is 4.74. The summed E-state index contributed by atoms with van der Waals surface area (Å²) >= 11 is 0. The molecule has 0 aliphatic carbocycles. The number of anilines is 1. The van der Waals surface area contributed by atoms with Crippen LogP contribution in [-0.2, 0) is 30.4 Å². The van der Waals surface area contributed by atoms with Gasteiger partial charge in [-0.15, -0.1) is 5.10 Å². The van der Waals surface area contributed by atoms with Gasteiger partial charge >= 0.3 is 11.9 Å². The first kappa shape index (κ1) is 17.3. The number of isocyanates is 1. The van der Waals surface area contributed by atoms with Gasteiger partial charge in [-0.25, -0.2) is 24.5 Å². The second kappa shape index (κ2) is 6.59. The fourth-order valence-electron chi connectivity index (χ4n) is 1.92. The second-order valence-corrected chi connectivity index (χ2v) is 5.26. The van der Waals surface area contributed by atoms with E-state index in [0.717, 1.165) is 0 Å². The Bertz CT molecular complexity index is 724. The van der Waals surface area contributed by atoms with E-state index in [1.165, 1.54) is 24.6 Å². The molecule has 0 saturated carbocycles. The van der Waals surface area contributed by atoms with Gasteiger partial charge < -0.3 is 9.47 Å². The van der Waals surface area contributed by atoms with E-state index < -0.39 is 29.5 Å². The Morgan fingerprint density at radius 1 is 1.33 bits per heavy atom. The lowest BCUT2D eigenvalue weighted by atomic mass is 10.3. The topological polar surface area (TPSA) is 137 Å². The van der Waals surface area contributed by atoms with Gasteiger partial charge in [0.05, 0.1) is 0 Å². The summed E-state index contributed by atoms with van der Waals surface area (Å²) in [5.41, 5.74) is 1.84. The predicted molar refractivity (Wildman–Crippen MR) is 79.6 cm³/mol. The molecule has 11 nitrogen and oxygen atoms in total. The molecule has 1 aliphatic rings. The van der Waals surface area contributed by atoms with Crippen LogP contribution in [0, 0.1) is 0 Å². The summed E-state index contributed by atoms with van der Waals surface area (Å²) in [6.45, 7) is 6.80. The molecule has 0 radical (unpaired) electrons. The minimum absolute atomic E-state index is 0.0257. The number of rotatable bonds is 5. The number of ether oxygens (including phenoxy) is 2. The first-order valence-corrected chi connectivity index (χ1v) is 7.09. The number of nitrogens with zero attached hydrogens (tertiary/aromatic N) is 5. The molecule has 1 N–H and O–H groups in total. The highest BCUT2D eigenvalue weighted by Crippen LogP contribution is 2.19. The highest BCUT2D eigenvalue weighted by atomic mass is 16.7. The number of aliphatic imine (C=N–C) groups is 1. The van der Waals surface area contributed by atoms with Gasteiger partial charge in [-0.3, -0.25) is 0 Å². The van der Waals surface area contributed by atoms with Crippen molar-refractivity contribution in [3.63, 3.8) is 0 Å². The highest BCUT2D eigenvalue weighted by Gasteiger charge is 2.40. The summed E-state index contributed by atoms with van der Waals surface area (Å²) in [5, 5.41) is 7.73. The third kappa shape index (κ3) is 3.63. The van der Waals surface area contributed by atoms with E-state index in [9.17, 15) is 14.4 Å². The zero-order valence-corrected chi connectivity index (χ0v) is 13.6. The lowest BCUT2D eigenvalue weighted by Gasteiger charge is -2.28. The van der Waals surface area contributed by atoms with Gasteiger partial charge in [-0.2, -0.15) is 15.1 Å². The maximum atomic E-state index is 11.8. The maximum Gasteiger partial charge on any atom is 0.369 e. The molecule has 11 heteroatoms. The zero-order chi connectivity index (χ0) is 17.9. The number of cyclic esters (lactones) is 2. The molecule has 1 aliphatic heterocycles. The third-order valence-electron chi connectivity index (χ3n) is 2.95. The van der Waals surface area contributed by atoms with Crippen molar-refractivity contribution in [3.05, 3.63) is 5.82 Å². The van der Waals surface area contributed by atoms with E-state index in [1.807, 2.05) is 6.92 Å². The highest BCUT2D eigenvalue weighted by molar-refractivity contribution is 6.63. The summed E-state index contributed by atoms with van der Waals surface area (Å²) in [4.78, 5) is 41.6. The average molecular weight is 336 g/mol. The van der Waals surface area contributed by atoms with Crippen LogP contribution in [0.4, 0.5) is 5.95 Å². The van der Waals surface area contributed by atoms with E-state index >= 15 is 0 Å². The van der Waals surface area contributed by atoms with Crippen LogP contribution in [0.5, 0.6) is 0 Å². The van der Waals surface area contributed by atoms with E-state index in [1.54, 1.807) is 6.92 Å². The van der Waals surface area contributed by atoms with Gasteiger partial charge in [-0.1, -0.05) is 0 Å². The lowest BCUT2D eigenvalue weighted by Crippen LogP contribution is -2.47. The molecule has 0 spiro atoms. The molecule has 2 heterocycles. The Balaban J connectivity index is 2.21. The van der Waals surface area contributed by atoms with Crippen molar-refractivity contribution in [3.8, 4) is 0 Å². The number of carbonyl (C=O) groups excluding carboxylic acids is 3. The van der Waals surface area contributed by atoms with Crippen molar-refractivity contribution in [2.24, 2.45) is 10.1 Å². The van der Waals surface area contributed by atoms with Crippen molar-refractivity contribution in [2.45, 2.75) is 46.1 Å². The summed E-state index contributed by atoms with van der Waals surface area (Å²) < 4.78 is 11.3. The molecule has 1 atom stereocenters. The number of carbonyl (C=O) groups is 2. The van der Waals surface area contributed by atoms with Crippen LogP contribution in [0.15, 0.2) is 10.1 Å². The summed E-state index contributed by atoms with van der Waals surface area (Å²) in [7, 11) is 0. The van der Waals surface area contributed by atoms with Crippen LogP contribution >= 0.6 is 0 Å².